The van der Waals surface area contributed by atoms with Crippen LogP contribution in [0.5, 0.6) is 5.88 Å². The molecule has 1 aromatic rings. The van der Waals surface area contributed by atoms with Gasteiger partial charge in [0.15, 0.2) is 0 Å². The first-order chi connectivity index (χ1) is 7.24. The first kappa shape index (κ1) is 10.4. The van der Waals surface area contributed by atoms with Gasteiger partial charge < -0.3 is 4.74 Å². The third-order valence-corrected chi connectivity index (χ3v) is 2.78. The molecule has 0 bridgehead atoms. The summed E-state index contributed by atoms with van der Waals surface area (Å²) in [5.41, 5.74) is 0.980. The summed E-state index contributed by atoms with van der Waals surface area (Å²) < 4.78 is 5.87. The highest BCUT2D eigenvalue weighted by molar-refractivity contribution is 5.15. The average molecular weight is 206 g/mol. The van der Waals surface area contributed by atoms with Crippen molar-refractivity contribution in [2.24, 2.45) is 0 Å². The van der Waals surface area contributed by atoms with Gasteiger partial charge >= 0.3 is 0 Å². The zero-order valence-electron chi connectivity index (χ0n) is 9.49. The number of nitrogens with zero attached hydrogens (tertiary/aromatic N) is 2. The summed E-state index contributed by atoms with van der Waals surface area (Å²) in [7, 11) is 0. The highest BCUT2D eigenvalue weighted by Gasteiger charge is 2.15. The summed E-state index contributed by atoms with van der Waals surface area (Å²) in [5, 5.41) is 0. The Morgan fingerprint density at radius 1 is 1.13 bits per heavy atom. The Morgan fingerprint density at radius 3 is 2.53 bits per heavy atom. The summed E-state index contributed by atoms with van der Waals surface area (Å²) in [4.78, 5) is 8.53. The van der Waals surface area contributed by atoms with E-state index in [-0.39, 0.29) is 0 Å². The van der Waals surface area contributed by atoms with Crippen molar-refractivity contribution in [3.05, 3.63) is 17.6 Å². The molecule has 0 N–H and O–H groups in total. The molecule has 15 heavy (non-hydrogen) atoms. The number of hydrogen-bond donors (Lipinski definition) is 0. The first-order valence-corrected chi connectivity index (χ1v) is 5.73. The SMILES string of the molecule is Cc1cc(OC2CCCCC2)nc(C)n1. The molecule has 0 amide bonds. The molecule has 3 nitrogen and oxygen atoms in total. The quantitative estimate of drug-likeness (QED) is 0.746. The number of ether oxygens (including phenoxy) is 1. The maximum atomic E-state index is 5.87. The first-order valence-electron chi connectivity index (χ1n) is 5.73. The second kappa shape index (κ2) is 4.60. The average Bonchev–Trinajstić information content (AvgIpc) is 2.17. The molecule has 1 heterocycles. The van der Waals surface area contributed by atoms with Crippen LogP contribution in [0, 0.1) is 13.8 Å². The molecular weight excluding hydrogens is 188 g/mol. The molecule has 1 aliphatic rings. The van der Waals surface area contributed by atoms with Crippen LogP contribution in [0.3, 0.4) is 0 Å². The molecule has 2 rings (SSSR count). The van der Waals surface area contributed by atoms with Gasteiger partial charge in [0.25, 0.3) is 0 Å². The topological polar surface area (TPSA) is 35.0 Å². The number of rotatable bonds is 2. The normalized spacial score (nSPS) is 17.7. The molecule has 0 radical (unpaired) electrons. The van der Waals surface area contributed by atoms with Crippen LogP contribution in [-0.2, 0) is 0 Å². The van der Waals surface area contributed by atoms with E-state index in [0.717, 1.165) is 17.4 Å². The monoisotopic (exact) mass is 206 g/mol. The van der Waals surface area contributed by atoms with Crippen LogP contribution in [-0.4, -0.2) is 16.1 Å². The smallest absolute Gasteiger partial charge is 0.217 e. The molecule has 0 unspecified atom stereocenters. The maximum absolute atomic E-state index is 5.87. The van der Waals surface area contributed by atoms with Crippen molar-refractivity contribution in [2.75, 3.05) is 0 Å². The van der Waals surface area contributed by atoms with Crippen LogP contribution in [0.1, 0.15) is 43.6 Å². The maximum Gasteiger partial charge on any atom is 0.217 e. The Kier molecular flexibility index (Phi) is 3.19. The molecule has 82 valence electrons. The lowest BCUT2D eigenvalue weighted by molar-refractivity contribution is 0.148. The van der Waals surface area contributed by atoms with Crippen molar-refractivity contribution in [3.8, 4) is 5.88 Å². The molecule has 0 aromatic carbocycles. The van der Waals surface area contributed by atoms with Gasteiger partial charge in [-0.05, 0) is 39.5 Å². The molecule has 1 saturated carbocycles. The second-order valence-corrected chi connectivity index (χ2v) is 4.27. The van der Waals surface area contributed by atoms with E-state index in [1.165, 1.54) is 32.1 Å². The number of hydrogen-bond acceptors (Lipinski definition) is 3. The molecule has 1 aliphatic carbocycles. The molecule has 3 heteroatoms. The van der Waals surface area contributed by atoms with Gasteiger partial charge in [-0.1, -0.05) is 6.42 Å². The fourth-order valence-electron chi connectivity index (χ4n) is 2.10. The second-order valence-electron chi connectivity index (χ2n) is 4.27. The molecule has 0 atom stereocenters. The van der Waals surface area contributed by atoms with E-state index in [1.807, 2.05) is 19.9 Å². The van der Waals surface area contributed by atoms with Crippen molar-refractivity contribution in [3.63, 3.8) is 0 Å². The van der Waals surface area contributed by atoms with Gasteiger partial charge in [-0.25, -0.2) is 4.98 Å². The zero-order valence-corrected chi connectivity index (χ0v) is 9.49. The van der Waals surface area contributed by atoms with E-state index in [4.69, 9.17) is 4.74 Å². The molecular formula is C12H18N2O. The molecule has 0 saturated heterocycles. The van der Waals surface area contributed by atoms with Crippen molar-refractivity contribution in [2.45, 2.75) is 52.1 Å². The third kappa shape index (κ3) is 2.91. The minimum atomic E-state index is 0.368. The minimum Gasteiger partial charge on any atom is -0.474 e. The van der Waals surface area contributed by atoms with Crippen LogP contribution in [0.25, 0.3) is 0 Å². The summed E-state index contributed by atoms with van der Waals surface area (Å²) in [6.45, 7) is 3.88. The summed E-state index contributed by atoms with van der Waals surface area (Å²) in [6, 6.07) is 1.92. The van der Waals surface area contributed by atoms with E-state index >= 15 is 0 Å². The predicted octanol–water partition coefficient (Wildman–Crippen LogP) is 2.80. The molecule has 1 fully saturated rings. The standard InChI is InChI=1S/C12H18N2O/c1-9-8-12(14-10(2)13-9)15-11-6-4-3-5-7-11/h8,11H,3-7H2,1-2H3. The minimum absolute atomic E-state index is 0.368. The van der Waals surface area contributed by atoms with Gasteiger partial charge in [-0.2, -0.15) is 4.98 Å². The van der Waals surface area contributed by atoms with Crippen molar-refractivity contribution in [1.82, 2.24) is 9.97 Å². The molecule has 0 aliphatic heterocycles. The molecule has 1 aromatic heterocycles. The lowest BCUT2D eigenvalue weighted by atomic mass is 9.98. The van der Waals surface area contributed by atoms with Gasteiger partial charge in [-0.3, -0.25) is 0 Å². The third-order valence-electron chi connectivity index (χ3n) is 2.78. The summed E-state index contributed by atoms with van der Waals surface area (Å²) >= 11 is 0. The van der Waals surface area contributed by atoms with Gasteiger partial charge in [0.2, 0.25) is 5.88 Å². The number of aryl methyl sites for hydroxylation is 2. The fourth-order valence-corrected chi connectivity index (χ4v) is 2.10. The van der Waals surface area contributed by atoms with E-state index in [0.29, 0.717) is 6.10 Å². The van der Waals surface area contributed by atoms with E-state index in [9.17, 15) is 0 Å². The zero-order chi connectivity index (χ0) is 10.7. The fraction of sp³-hybridized carbons (Fsp3) is 0.667. The summed E-state index contributed by atoms with van der Waals surface area (Å²) in [5.74, 6) is 1.53. The Hall–Kier alpha value is -1.12. The van der Waals surface area contributed by atoms with Gasteiger partial charge in [0, 0.05) is 11.8 Å². The lowest BCUT2D eigenvalue weighted by Gasteiger charge is -2.22. The van der Waals surface area contributed by atoms with E-state index in [2.05, 4.69) is 9.97 Å². The van der Waals surface area contributed by atoms with Crippen LogP contribution in [0.4, 0.5) is 0 Å². The van der Waals surface area contributed by atoms with Gasteiger partial charge in [0.1, 0.15) is 11.9 Å². The largest absolute Gasteiger partial charge is 0.474 e. The Labute approximate surface area is 90.9 Å². The van der Waals surface area contributed by atoms with Crippen LogP contribution < -0.4 is 4.74 Å². The van der Waals surface area contributed by atoms with Gasteiger partial charge in [0.05, 0.1) is 0 Å². The summed E-state index contributed by atoms with van der Waals surface area (Å²) in [6.07, 6.45) is 6.63. The lowest BCUT2D eigenvalue weighted by Crippen LogP contribution is -2.20. The van der Waals surface area contributed by atoms with Gasteiger partial charge in [-0.15, -0.1) is 0 Å². The highest BCUT2D eigenvalue weighted by Crippen LogP contribution is 2.22. The Bertz CT molecular complexity index is 312. The highest BCUT2D eigenvalue weighted by atomic mass is 16.5. The predicted molar refractivity (Wildman–Crippen MR) is 59.0 cm³/mol. The van der Waals surface area contributed by atoms with Crippen molar-refractivity contribution < 1.29 is 4.74 Å². The van der Waals surface area contributed by atoms with Crippen molar-refractivity contribution >= 4 is 0 Å². The number of aromatic nitrogens is 2. The van der Waals surface area contributed by atoms with E-state index in [1.54, 1.807) is 0 Å². The van der Waals surface area contributed by atoms with Crippen LogP contribution in [0.2, 0.25) is 0 Å². The van der Waals surface area contributed by atoms with Crippen LogP contribution >= 0.6 is 0 Å². The Balaban J connectivity index is 2.02. The van der Waals surface area contributed by atoms with E-state index < -0.39 is 0 Å². The van der Waals surface area contributed by atoms with Crippen molar-refractivity contribution in [1.29, 1.82) is 0 Å². The van der Waals surface area contributed by atoms with Crippen LogP contribution in [0.15, 0.2) is 6.07 Å². The Morgan fingerprint density at radius 2 is 1.87 bits per heavy atom. The molecule has 0 spiro atoms.